The monoisotopic (exact) mass is 397 g/mol. The minimum Gasteiger partial charge on any atom is -0.386 e. The zero-order chi connectivity index (χ0) is 20.9. The molecule has 2 N–H and O–H groups in total. The second kappa shape index (κ2) is 6.76. The molecule has 0 radical (unpaired) electrons. The van der Waals surface area contributed by atoms with E-state index >= 15 is 0 Å². The van der Waals surface area contributed by atoms with Gasteiger partial charge in [0.2, 0.25) is 11.9 Å². The second-order valence-corrected chi connectivity index (χ2v) is 8.76. The summed E-state index contributed by atoms with van der Waals surface area (Å²) in [5.41, 5.74) is -1.07. The van der Waals surface area contributed by atoms with Gasteiger partial charge in [-0.25, -0.2) is 4.98 Å². The van der Waals surface area contributed by atoms with E-state index in [1.54, 1.807) is 26.0 Å². The molecule has 0 bridgehead atoms. The fraction of sp³-hybridized carbons (Fsp3) is 0.600. The normalized spacial score (nSPS) is 16.3. The van der Waals surface area contributed by atoms with E-state index in [1.165, 1.54) is 0 Å². The van der Waals surface area contributed by atoms with Crippen LogP contribution in [0.3, 0.4) is 0 Å². The molecule has 28 heavy (non-hydrogen) atoms. The summed E-state index contributed by atoms with van der Waals surface area (Å²) in [6.07, 6.45) is -2.28. The van der Waals surface area contributed by atoms with Gasteiger partial charge in [-0.3, -0.25) is 10.1 Å². The maximum Gasteiger partial charge on any atom is 0.394 e. The number of amides is 1. The number of hydrogen-bond donors (Lipinski definition) is 2. The van der Waals surface area contributed by atoms with Crippen molar-refractivity contribution in [3.05, 3.63) is 23.8 Å². The van der Waals surface area contributed by atoms with Crippen molar-refractivity contribution in [3.63, 3.8) is 0 Å². The zero-order valence-electron chi connectivity index (χ0n) is 16.5. The van der Waals surface area contributed by atoms with Gasteiger partial charge in [-0.2, -0.15) is 13.2 Å². The van der Waals surface area contributed by atoms with E-state index in [4.69, 9.17) is 0 Å². The molecular formula is C20H26F3N3O2. The molecule has 1 aliphatic rings. The van der Waals surface area contributed by atoms with Crippen LogP contribution in [0.15, 0.2) is 18.2 Å². The first-order valence-corrected chi connectivity index (χ1v) is 9.41. The van der Waals surface area contributed by atoms with Gasteiger partial charge in [-0.15, -0.1) is 0 Å². The minimum atomic E-state index is -4.47. The predicted octanol–water partition coefficient (Wildman–Crippen LogP) is 4.91. The number of fused-ring (bicyclic) bond motifs is 1. The van der Waals surface area contributed by atoms with Crippen LogP contribution in [0.25, 0.3) is 11.0 Å². The fourth-order valence-electron chi connectivity index (χ4n) is 3.25. The summed E-state index contributed by atoms with van der Waals surface area (Å²) in [4.78, 5) is 16.8. The molecular weight excluding hydrogens is 371 g/mol. The molecule has 1 heterocycles. The number of carbonyl (C=O) groups is 1. The molecule has 0 atom stereocenters. The van der Waals surface area contributed by atoms with Gasteiger partial charge in [0.05, 0.1) is 22.0 Å². The fourth-order valence-corrected chi connectivity index (χ4v) is 3.25. The second-order valence-electron chi connectivity index (χ2n) is 8.76. The maximum absolute atomic E-state index is 13.1. The van der Waals surface area contributed by atoms with E-state index in [-0.39, 0.29) is 12.0 Å². The molecule has 1 amide bonds. The Morgan fingerprint density at radius 3 is 2.39 bits per heavy atom. The molecule has 8 heteroatoms. The highest BCUT2D eigenvalue weighted by molar-refractivity contribution is 5.92. The third-order valence-electron chi connectivity index (χ3n) is 5.46. The molecule has 3 rings (SSSR count). The number of anilines is 1. The first-order valence-electron chi connectivity index (χ1n) is 9.41. The maximum atomic E-state index is 13.1. The van der Waals surface area contributed by atoms with Gasteiger partial charge in [0, 0.05) is 12.5 Å². The van der Waals surface area contributed by atoms with Crippen LogP contribution in [0.5, 0.6) is 0 Å². The van der Waals surface area contributed by atoms with Crippen molar-refractivity contribution >= 4 is 22.9 Å². The molecule has 0 unspecified atom stereocenters. The van der Waals surface area contributed by atoms with Gasteiger partial charge in [0.25, 0.3) is 0 Å². The van der Waals surface area contributed by atoms with Crippen molar-refractivity contribution in [1.29, 1.82) is 0 Å². The summed E-state index contributed by atoms with van der Waals surface area (Å²) in [6.45, 7) is 5.38. The molecule has 1 fully saturated rings. The van der Waals surface area contributed by atoms with Crippen LogP contribution in [-0.2, 0) is 10.4 Å². The number of halogens is 3. The molecule has 0 aliphatic heterocycles. The lowest BCUT2D eigenvalue weighted by Crippen LogP contribution is -2.36. The summed E-state index contributed by atoms with van der Waals surface area (Å²) in [6, 6.07) is 5.48. The number of aromatic nitrogens is 2. The van der Waals surface area contributed by atoms with Crippen LogP contribution < -0.4 is 5.32 Å². The Balaban J connectivity index is 1.95. The quantitative estimate of drug-likeness (QED) is 0.754. The highest BCUT2D eigenvalue weighted by atomic mass is 19.4. The third-order valence-corrected chi connectivity index (χ3v) is 5.46. The zero-order valence-corrected chi connectivity index (χ0v) is 16.5. The molecule has 1 saturated carbocycles. The molecule has 1 aromatic heterocycles. The summed E-state index contributed by atoms with van der Waals surface area (Å²) in [7, 11) is 0. The van der Waals surface area contributed by atoms with E-state index in [9.17, 15) is 23.1 Å². The van der Waals surface area contributed by atoms with Crippen LogP contribution in [0.4, 0.5) is 19.1 Å². The van der Waals surface area contributed by atoms with Crippen molar-refractivity contribution in [1.82, 2.24) is 9.55 Å². The molecule has 0 spiro atoms. The van der Waals surface area contributed by atoms with Crippen molar-refractivity contribution < 1.29 is 23.1 Å². The van der Waals surface area contributed by atoms with Crippen LogP contribution in [-0.4, -0.2) is 26.7 Å². The standard InChI is InChI=1S/C20H26F3N3O2/c1-18(2,20(21,22)23)11-16(27)25-17-24-14-9-8-12(19(3,4)28)10-15(14)26(17)13-6-5-7-13/h8-10,13,28H,5-7,11H2,1-4H3,(H,24,25,27). The van der Waals surface area contributed by atoms with Gasteiger partial charge in [-0.1, -0.05) is 19.9 Å². The number of hydrogen-bond acceptors (Lipinski definition) is 3. The van der Waals surface area contributed by atoms with Crippen LogP contribution in [0.1, 0.15) is 65.0 Å². The van der Waals surface area contributed by atoms with Crippen LogP contribution in [0, 0.1) is 5.41 Å². The van der Waals surface area contributed by atoms with Gasteiger partial charge in [-0.05, 0) is 50.8 Å². The predicted molar refractivity (Wildman–Crippen MR) is 101 cm³/mol. The van der Waals surface area contributed by atoms with Crippen molar-refractivity contribution in [2.75, 3.05) is 5.32 Å². The molecule has 0 saturated heterocycles. The van der Waals surface area contributed by atoms with Crippen molar-refractivity contribution in [2.45, 2.75) is 71.2 Å². The summed E-state index contributed by atoms with van der Waals surface area (Å²) in [5.74, 6) is -0.462. The number of imidazole rings is 1. The van der Waals surface area contributed by atoms with Gasteiger partial charge < -0.3 is 9.67 Å². The number of nitrogens with zero attached hydrogens (tertiary/aromatic N) is 2. The number of nitrogens with one attached hydrogen (secondary N) is 1. The summed E-state index contributed by atoms with van der Waals surface area (Å²) in [5, 5.41) is 12.9. The molecule has 5 nitrogen and oxygen atoms in total. The number of rotatable bonds is 5. The topological polar surface area (TPSA) is 67.2 Å². The van der Waals surface area contributed by atoms with E-state index < -0.39 is 29.5 Å². The van der Waals surface area contributed by atoms with Crippen molar-refractivity contribution in [2.24, 2.45) is 5.41 Å². The third kappa shape index (κ3) is 3.87. The Morgan fingerprint density at radius 2 is 1.89 bits per heavy atom. The SMILES string of the molecule is CC(C)(O)c1ccc2nc(NC(=O)CC(C)(C)C(F)(F)F)n(C3CCC3)c2c1. The van der Waals surface area contributed by atoms with Crippen LogP contribution >= 0.6 is 0 Å². The van der Waals surface area contributed by atoms with Gasteiger partial charge in [0.1, 0.15) is 0 Å². The van der Waals surface area contributed by atoms with Gasteiger partial charge in [0.15, 0.2) is 0 Å². The van der Waals surface area contributed by atoms with E-state index in [0.29, 0.717) is 11.1 Å². The highest BCUT2D eigenvalue weighted by Crippen LogP contribution is 2.41. The Hall–Kier alpha value is -2.09. The smallest absolute Gasteiger partial charge is 0.386 e. The Bertz CT molecular complexity index is 890. The van der Waals surface area contributed by atoms with Gasteiger partial charge >= 0.3 is 6.18 Å². The Labute approximate surface area is 161 Å². The Morgan fingerprint density at radius 1 is 1.25 bits per heavy atom. The summed E-state index contributed by atoms with van der Waals surface area (Å²) < 4.78 is 41.2. The number of aliphatic hydroxyl groups is 1. The molecule has 2 aromatic rings. The first kappa shape index (κ1) is 20.6. The molecule has 1 aromatic carbocycles. The number of benzene rings is 1. The highest BCUT2D eigenvalue weighted by Gasteiger charge is 2.48. The minimum absolute atomic E-state index is 0.132. The number of carbonyl (C=O) groups excluding carboxylic acids is 1. The Kier molecular flexibility index (Phi) is 4.98. The molecule has 1 aliphatic carbocycles. The largest absolute Gasteiger partial charge is 0.394 e. The first-order chi connectivity index (χ1) is 12.8. The lowest BCUT2D eigenvalue weighted by Gasteiger charge is -2.30. The van der Waals surface area contributed by atoms with E-state index in [2.05, 4.69) is 10.3 Å². The van der Waals surface area contributed by atoms with Crippen molar-refractivity contribution in [3.8, 4) is 0 Å². The van der Waals surface area contributed by atoms with E-state index in [0.717, 1.165) is 38.6 Å². The number of alkyl halides is 3. The van der Waals surface area contributed by atoms with Crippen LogP contribution in [0.2, 0.25) is 0 Å². The summed E-state index contributed by atoms with van der Waals surface area (Å²) >= 11 is 0. The average molecular weight is 397 g/mol. The average Bonchev–Trinajstić information content (AvgIpc) is 2.80. The lowest BCUT2D eigenvalue weighted by atomic mass is 9.88. The van der Waals surface area contributed by atoms with E-state index in [1.807, 2.05) is 10.6 Å². The molecule has 154 valence electrons. The lowest BCUT2D eigenvalue weighted by molar-refractivity contribution is -0.213.